The van der Waals surface area contributed by atoms with Gasteiger partial charge in [-0.3, -0.25) is 4.79 Å². The molecule has 0 bridgehead atoms. The predicted octanol–water partition coefficient (Wildman–Crippen LogP) is 7.41. The molecule has 2 aliphatic rings. The van der Waals surface area contributed by atoms with Crippen LogP contribution in [0.1, 0.15) is 57.7 Å². The Bertz CT molecular complexity index is 1030. The monoisotopic (exact) mass is 454 g/mol. The van der Waals surface area contributed by atoms with E-state index in [0.29, 0.717) is 10.9 Å². The van der Waals surface area contributed by atoms with E-state index in [-0.39, 0.29) is 17.9 Å². The highest BCUT2D eigenvalue weighted by molar-refractivity contribution is 6.30. The van der Waals surface area contributed by atoms with Gasteiger partial charge in [0.1, 0.15) is 0 Å². The molecule has 162 valence electrons. The highest BCUT2D eigenvalue weighted by atomic mass is 35.5. The summed E-state index contributed by atoms with van der Waals surface area (Å²) in [6, 6.07) is 15.6. The number of allylic oxidation sites excluding steroid dienone is 1. The van der Waals surface area contributed by atoms with Crippen molar-refractivity contribution < 1.29 is 4.79 Å². The molecule has 1 aliphatic heterocycles. The Hall–Kier alpha value is -2.10. The molecule has 3 atom stereocenters. The van der Waals surface area contributed by atoms with Crippen LogP contribution < -0.4 is 0 Å². The van der Waals surface area contributed by atoms with Crippen molar-refractivity contribution in [3.05, 3.63) is 75.3 Å². The van der Waals surface area contributed by atoms with Gasteiger partial charge in [0.25, 0.3) is 0 Å². The molecular formula is C26H28Cl2N2O. The van der Waals surface area contributed by atoms with E-state index in [4.69, 9.17) is 28.3 Å². The molecule has 0 N–H and O–H groups in total. The number of carbonyl (C=O) groups is 1. The van der Waals surface area contributed by atoms with Crippen LogP contribution in [-0.2, 0) is 4.79 Å². The van der Waals surface area contributed by atoms with Gasteiger partial charge in [0.05, 0.1) is 11.8 Å². The van der Waals surface area contributed by atoms with E-state index in [1.54, 1.807) is 5.01 Å². The summed E-state index contributed by atoms with van der Waals surface area (Å²) < 4.78 is 0. The summed E-state index contributed by atoms with van der Waals surface area (Å²) in [5.41, 5.74) is 3.89. The summed E-state index contributed by atoms with van der Waals surface area (Å²) in [6.45, 7) is 8.12. The number of amides is 1. The van der Waals surface area contributed by atoms with Crippen LogP contribution in [0, 0.1) is 17.3 Å². The molecule has 1 fully saturated rings. The van der Waals surface area contributed by atoms with Gasteiger partial charge in [-0.2, -0.15) is 5.10 Å². The van der Waals surface area contributed by atoms with Crippen LogP contribution in [0.25, 0.3) is 6.08 Å². The van der Waals surface area contributed by atoms with Crippen LogP contribution in [0.4, 0.5) is 0 Å². The molecule has 0 spiro atoms. The van der Waals surface area contributed by atoms with Crippen molar-refractivity contribution in [1.82, 2.24) is 5.01 Å². The number of fused-ring (bicyclic) bond motifs is 1. The lowest BCUT2D eigenvalue weighted by Crippen LogP contribution is -2.38. The Morgan fingerprint density at radius 1 is 1.03 bits per heavy atom. The first-order valence-electron chi connectivity index (χ1n) is 10.8. The van der Waals surface area contributed by atoms with Crippen molar-refractivity contribution in [2.75, 3.05) is 0 Å². The van der Waals surface area contributed by atoms with Crippen molar-refractivity contribution in [2.45, 2.75) is 46.6 Å². The Morgan fingerprint density at radius 3 is 2.19 bits per heavy atom. The fraction of sp³-hybridized carbons (Fsp3) is 0.385. The molecule has 2 aromatic carbocycles. The number of hydrogen-bond acceptors (Lipinski definition) is 2. The highest BCUT2D eigenvalue weighted by Gasteiger charge is 2.47. The number of hydrogen-bond donors (Lipinski definition) is 0. The van der Waals surface area contributed by atoms with Gasteiger partial charge in [-0.25, -0.2) is 5.01 Å². The van der Waals surface area contributed by atoms with Crippen LogP contribution in [0.5, 0.6) is 0 Å². The average molecular weight is 455 g/mol. The Balaban J connectivity index is 1.80. The van der Waals surface area contributed by atoms with Crippen molar-refractivity contribution in [2.24, 2.45) is 22.4 Å². The van der Waals surface area contributed by atoms with Crippen molar-refractivity contribution in [1.29, 1.82) is 0 Å². The molecule has 5 heteroatoms. The molecule has 1 heterocycles. The summed E-state index contributed by atoms with van der Waals surface area (Å²) in [5, 5.41) is 8.11. The van der Waals surface area contributed by atoms with E-state index in [1.807, 2.05) is 69.3 Å². The van der Waals surface area contributed by atoms with Gasteiger partial charge in [0.2, 0.25) is 5.91 Å². The topological polar surface area (TPSA) is 32.7 Å². The third kappa shape index (κ3) is 4.58. The van der Waals surface area contributed by atoms with E-state index >= 15 is 0 Å². The van der Waals surface area contributed by atoms with Gasteiger partial charge in [-0.1, -0.05) is 75.2 Å². The standard InChI is InChI=1S/C26H28Cl2N2O/c1-16-13-19(15-17-5-9-20(27)10-6-17)23-22(14-16)24(18-7-11-21(28)12-8-18)30(29-23)25(31)26(2,3)4/h5-12,15-16,22,24H,13-14H2,1-4H3/b19-15-. The third-order valence-corrected chi connectivity index (χ3v) is 6.54. The number of carbonyl (C=O) groups excluding carboxylic acids is 1. The summed E-state index contributed by atoms with van der Waals surface area (Å²) in [5.74, 6) is 0.699. The zero-order valence-electron chi connectivity index (χ0n) is 18.4. The molecule has 3 nitrogen and oxygen atoms in total. The van der Waals surface area contributed by atoms with E-state index in [1.165, 1.54) is 5.57 Å². The maximum atomic E-state index is 13.4. The van der Waals surface area contributed by atoms with Gasteiger partial charge in [0, 0.05) is 21.4 Å². The van der Waals surface area contributed by atoms with Crippen molar-refractivity contribution in [3.63, 3.8) is 0 Å². The molecule has 0 radical (unpaired) electrons. The van der Waals surface area contributed by atoms with Crippen molar-refractivity contribution >= 4 is 40.9 Å². The van der Waals surface area contributed by atoms with Crippen LogP contribution in [0.15, 0.2) is 59.2 Å². The molecule has 1 amide bonds. The fourth-order valence-corrected chi connectivity index (χ4v) is 4.81. The zero-order valence-corrected chi connectivity index (χ0v) is 19.9. The lowest BCUT2D eigenvalue weighted by Gasteiger charge is -2.34. The SMILES string of the molecule is CC1C/C(=C/c2ccc(Cl)cc2)C2=NN(C(=O)C(C)(C)C)C(c3ccc(Cl)cc3)C2C1. The number of benzene rings is 2. The minimum absolute atomic E-state index is 0.0350. The van der Waals surface area contributed by atoms with Gasteiger partial charge in [0.15, 0.2) is 0 Å². The Morgan fingerprint density at radius 2 is 1.61 bits per heavy atom. The Kier molecular flexibility index (Phi) is 6.02. The molecule has 2 aromatic rings. The summed E-state index contributed by atoms with van der Waals surface area (Å²) in [6.07, 6.45) is 4.14. The molecule has 31 heavy (non-hydrogen) atoms. The predicted molar refractivity (Wildman–Crippen MR) is 129 cm³/mol. The second-order valence-corrected chi connectivity index (χ2v) is 10.6. The molecular weight excluding hydrogens is 427 g/mol. The second kappa shape index (κ2) is 8.44. The maximum absolute atomic E-state index is 13.4. The molecule has 3 unspecified atom stereocenters. The quantitative estimate of drug-likeness (QED) is 0.464. The average Bonchev–Trinajstić information content (AvgIpc) is 3.08. The number of nitrogens with zero attached hydrogens (tertiary/aromatic N) is 2. The van der Waals surface area contributed by atoms with Crippen LogP contribution in [0.2, 0.25) is 10.0 Å². The van der Waals surface area contributed by atoms with Crippen LogP contribution >= 0.6 is 23.2 Å². The minimum atomic E-state index is -0.520. The molecule has 1 aliphatic carbocycles. The van der Waals surface area contributed by atoms with Crippen molar-refractivity contribution in [3.8, 4) is 0 Å². The zero-order chi connectivity index (χ0) is 22.3. The van der Waals surface area contributed by atoms with Gasteiger partial charge in [-0.15, -0.1) is 0 Å². The summed E-state index contributed by atoms with van der Waals surface area (Å²) in [4.78, 5) is 13.4. The number of hydrazone groups is 1. The van der Waals surface area contributed by atoms with E-state index in [9.17, 15) is 4.79 Å². The molecule has 1 saturated carbocycles. The summed E-state index contributed by atoms with van der Waals surface area (Å²) >= 11 is 12.2. The second-order valence-electron chi connectivity index (χ2n) is 9.75. The minimum Gasteiger partial charge on any atom is -0.272 e. The lowest BCUT2D eigenvalue weighted by atomic mass is 9.73. The summed E-state index contributed by atoms with van der Waals surface area (Å²) in [7, 11) is 0. The van der Waals surface area contributed by atoms with Gasteiger partial charge >= 0.3 is 0 Å². The van der Waals surface area contributed by atoms with Gasteiger partial charge in [-0.05, 0) is 65.8 Å². The maximum Gasteiger partial charge on any atom is 0.248 e. The number of rotatable bonds is 2. The van der Waals surface area contributed by atoms with Crippen LogP contribution in [-0.4, -0.2) is 16.6 Å². The normalized spacial score (nSPS) is 24.8. The van der Waals surface area contributed by atoms with E-state index in [2.05, 4.69) is 13.0 Å². The lowest BCUT2D eigenvalue weighted by molar-refractivity contribution is -0.142. The molecule has 0 aromatic heterocycles. The number of halogens is 2. The smallest absolute Gasteiger partial charge is 0.248 e. The molecule has 4 rings (SSSR count). The first-order valence-corrected chi connectivity index (χ1v) is 11.5. The first kappa shape index (κ1) is 22.1. The van der Waals surface area contributed by atoms with E-state index in [0.717, 1.165) is 34.7 Å². The van der Waals surface area contributed by atoms with Crippen LogP contribution in [0.3, 0.4) is 0 Å². The van der Waals surface area contributed by atoms with E-state index < -0.39 is 5.41 Å². The van der Waals surface area contributed by atoms with Gasteiger partial charge < -0.3 is 0 Å². The first-order chi connectivity index (χ1) is 14.6. The largest absolute Gasteiger partial charge is 0.272 e. The Labute approximate surface area is 194 Å². The fourth-order valence-electron chi connectivity index (χ4n) is 4.55. The molecule has 0 saturated heterocycles. The third-order valence-electron chi connectivity index (χ3n) is 6.04. The highest BCUT2D eigenvalue weighted by Crippen LogP contribution is 2.47.